The molecule has 5 rings (SSSR count). The highest BCUT2D eigenvalue weighted by atomic mass is 16.5. The number of carbonyl (C=O) groups is 4. The Morgan fingerprint density at radius 2 is 1.81 bits per heavy atom. The number of nitrogens with one attached hydrogen (secondary N) is 1. The SMILES string of the molecule is CC1=CC(=O)C2=C(CC3C(=CCC4C(=O)NC(=O)C43)C2c2ccc(OCCO)cc2)C1=O. The van der Waals surface area contributed by atoms with Gasteiger partial charge in [0.2, 0.25) is 11.8 Å². The number of fused-ring (bicyclic) bond motifs is 3. The Kier molecular flexibility index (Phi) is 4.93. The molecule has 1 heterocycles. The van der Waals surface area contributed by atoms with Gasteiger partial charge in [-0.3, -0.25) is 24.5 Å². The van der Waals surface area contributed by atoms with Gasteiger partial charge >= 0.3 is 0 Å². The van der Waals surface area contributed by atoms with Crippen molar-refractivity contribution in [2.75, 3.05) is 13.2 Å². The lowest BCUT2D eigenvalue weighted by Gasteiger charge is -2.42. The third kappa shape index (κ3) is 3.07. The van der Waals surface area contributed by atoms with E-state index in [2.05, 4.69) is 5.32 Å². The normalized spacial score (nSPS) is 29.1. The fraction of sp³-hybridized carbons (Fsp3) is 0.360. The number of rotatable bonds is 4. The Hall–Kier alpha value is -3.32. The summed E-state index contributed by atoms with van der Waals surface area (Å²) in [6, 6.07) is 7.23. The summed E-state index contributed by atoms with van der Waals surface area (Å²) in [6.45, 7) is 1.71. The second kappa shape index (κ2) is 7.67. The van der Waals surface area contributed by atoms with Crippen molar-refractivity contribution in [3.05, 3.63) is 64.3 Å². The fourth-order valence-electron chi connectivity index (χ4n) is 5.59. The largest absolute Gasteiger partial charge is 0.491 e. The lowest BCUT2D eigenvalue weighted by atomic mass is 9.59. The topological polar surface area (TPSA) is 110 Å². The van der Waals surface area contributed by atoms with Crippen molar-refractivity contribution < 1.29 is 29.0 Å². The Labute approximate surface area is 184 Å². The molecule has 32 heavy (non-hydrogen) atoms. The molecule has 3 aliphatic carbocycles. The highest BCUT2D eigenvalue weighted by molar-refractivity contribution is 6.23. The second-order valence-corrected chi connectivity index (χ2v) is 8.72. The van der Waals surface area contributed by atoms with Crippen LogP contribution in [-0.2, 0) is 19.2 Å². The number of aliphatic hydroxyl groups excluding tert-OH is 1. The minimum atomic E-state index is -0.527. The predicted molar refractivity (Wildman–Crippen MR) is 113 cm³/mol. The average Bonchev–Trinajstić information content (AvgIpc) is 3.08. The van der Waals surface area contributed by atoms with E-state index in [4.69, 9.17) is 9.84 Å². The smallest absolute Gasteiger partial charge is 0.231 e. The highest BCUT2D eigenvalue weighted by Crippen LogP contribution is 2.54. The number of imide groups is 1. The first-order valence-corrected chi connectivity index (χ1v) is 10.8. The van der Waals surface area contributed by atoms with E-state index in [1.165, 1.54) is 6.08 Å². The lowest BCUT2D eigenvalue weighted by molar-refractivity contribution is -0.126. The second-order valence-electron chi connectivity index (χ2n) is 8.72. The van der Waals surface area contributed by atoms with Gasteiger partial charge in [-0.1, -0.05) is 23.8 Å². The van der Waals surface area contributed by atoms with Crippen LogP contribution >= 0.6 is 0 Å². The first kappa shape index (κ1) is 20.6. The number of hydrogen-bond acceptors (Lipinski definition) is 6. The minimum Gasteiger partial charge on any atom is -0.491 e. The maximum absolute atomic E-state index is 13.1. The molecule has 0 spiro atoms. The molecule has 4 aliphatic rings. The van der Waals surface area contributed by atoms with Gasteiger partial charge in [0.1, 0.15) is 12.4 Å². The third-order valence-corrected chi connectivity index (χ3v) is 6.98. The molecule has 1 saturated heterocycles. The van der Waals surface area contributed by atoms with Crippen molar-refractivity contribution in [3.8, 4) is 5.75 Å². The van der Waals surface area contributed by atoms with E-state index in [9.17, 15) is 19.2 Å². The van der Waals surface area contributed by atoms with Crippen LogP contribution in [0.5, 0.6) is 5.75 Å². The van der Waals surface area contributed by atoms with Gasteiger partial charge in [-0.2, -0.15) is 0 Å². The molecule has 1 aromatic rings. The van der Waals surface area contributed by atoms with Crippen molar-refractivity contribution in [2.45, 2.75) is 25.7 Å². The Balaban J connectivity index is 1.63. The molecule has 1 fully saturated rings. The minimum absolute atomic E-state index is 0.0964. The Bertz CT molecular complexity index is 1140. The molecule has 2 N–H and O–H groups in total. The van der Waals surface area contributed by atoms with E-state index in [0.717, 1.165) is 11.1 Å². The van der Waals surface area contributed by atoms with Gasteiger partial charge in [0.05, 0.1) is 18.4 Å². The summed E-state index contributed by atoms with van der Waals surface area (Å²) in [7, 11) is 0. The van der Waals surface area contributed by atoms with Crippen LogP contribution in [0.2, 0.25) is 0 Å². The molecule has 0 radical (unpaired) electrons. The van der Waals surface area contributed by atoms with Gasteiger partial charge in [-0.15, -0.1) is 0 Å². The van der Waals surface area contributed by atoms with Gasteiger partial charge in [-0.05, 0) is 49.5 Å². The maximum Gasteiger partial charge on any atom is 0.231 e. The molecule has 7 nitrogen and oxygen atoms in total. The van der Waals surface area contributed by atoms with Crippen molar-refractivity contribution in [1.82, 2.24) is 5.32 Å². The van der Waals surface area contributed by atoms with E-state index < -0.39 is 17.8 Å². The zero-order chi connectivity index (χ0) is 22.6. The van der Waals surface area contributed by atoms with Gasteiger partial charge in [0, 0.05) is 22.6 Å². The summed E-state index contributed by atoms with van der Waals surface area (Å²) in [5, 5.41) is 11.4. The third-order valence-electron chi connectivity index (χ3n) is 6.98. The summed E-state index contributed by atoms with van der Waals surface area (Å²) in [5.41, 5.74) is 3.06. The van der Waals surface area contributed by atoms with Gasteiger partial charge < -0.3 is 9.84 Å². The molecule has 7 heteroatoms. The Morgan fingerprint density at radius 1 is 1.06 bits per heavy atom. The van der Waals surface area contributed by atoms with E-state index in [1.54, 1.807) is 19.1 Å². The summed E-state index contributed by atoms with van der Waals surface area (Å²) >= 11 is 0. The van der Waals surface area contributed by atoms with Gasteiger partial charge in [0.25, 0.3) is 0 Å². The summed E-state index contributed by atoms with van der Waals surface area (Å²) in [5.74, 6) is -2.05. The van der Waals surface area contributed by atoms with Crippen LogP contribution in [0.4, 0.5) is 0 Å². The average molecular weight is 433 g/mol. The number of hydrogen-bond donors (Lipinski definition) is 2. The molecule has 1 aliphatic heterocycles. The number of allylic oxidation sites excluding steroid dienone is 6. The number of ether oxygens (including phenoxy) is 1. The first-order valence-electron chi connectivity index (χ1n) is 10.8. The monoisotopic (exact) mass is 433 g/mol. The van der Waals surface area contributed by atoms with E-state index >= 15 is 0 Å². The van der Waals surface area contributed by atoms with E-state index in [-0.39, 0.29) is 48.9 Å². The number of carbonyl (C=O) groups excluding carboxylic acids is 4. The lowest BCUT2D eigenvalue weighted by Crippen LogP contribution is -2.39. The number of amides is 2. The van der Waals surface area contributed by atoms with Crippen molar-refractivity contribution >= 4 is 23.4 Å². The van der Waals surface area contributed by atoms with E-state index in [0.29, 0.717) is 28.9 Å². The van der Waals surface area contributed by atoms with Crippen molar-refractivity contribution in [1.29, 1.82) is 0 Å². The molecule has 4 atom stereocenters. The number of aliphatic hydroxyl groups is 1. The van der Waals surface area contributed by atoms with Crippen molar-refractivity contribution in [2.24, 2.45) is 17.8 Å². The van der Waals surface area contributed by atoms with Crippen LogP contribution in [0.3, 0.4) is 0 Å². The predicted octanol–water partition coefficient (Wildman–Crippen LogP) is 1.77. The fourth-order valence-corrected chi connectivity index (χ4v) is 5.59. The molecule has 0 saturated carbocycles. The van der Waals surface area contributed by atoms with Crippen LogP contribution in [0.25, 0.3) is 0 Å². The van der Waals surface area contributed by atoms with Crippen LogP contribution < -0.4 is 10.1 Å². The molecular weight excluding hydrogens is 410 g/mol. The molecule has 1 aromatic carbocycles. The zero-order valence-electron chi connectivity index (χ0n) is 17.6. The van der Waals surface area contributed by atoms with Gasteiger partial charge in [-0.25, -0.2) is 0 Å². The zero-order valence-corrected chi connectivity index (χ0v) is 17.6. The van der Waals surface area contributed by atoms with Crippen LogP contribution in [0.15, 0.2) is 58.7 Å². The van der Waals surface area contributed by atoms with Gasteiger partial charge in [0.15, 0.2) is 11.6 Å². The molecule has 164 valence electrons. The molecule has 0 bridgehead atoms. The molecule has 4 unspecified atom stereocenters. The summed E-state index contributed by atoms with van der Waals surface area (Å²) in [4.78, 5) is 51.1. The quantitative estimate of drug-likeness (QED) is 0.426. The van der Waals surface area contributed by atoms with E-state index in [1.807, 2.05) is 18.2 Å². The van der Waals surface area contributed by atoms with Crippen molar-refractivity contribution in [3.63, 3.8) is 0 Å². The van der Waals surface area contributed by atoms with Crippen LogP contribution in [0.1, 0.15) is 31.2 Å². The molecule has 2 amide bonds. The van der Waals surface area contributed by atoms with Crippen LogP contribution in [-0.4, -0.2) is 41.7 Å². The Morgan fingerprint density at radius 3 is 2.53 bits per heavy atom. The first-order chi connectivity index (χ1) is 15.4. The molecular formula is C25H23NO6. The summed E-state index contributed by atoms with van der Waals surface area (Å²) < 4.78 is 5.45. The number of ketones is 2. The molecule has 0 aromatic heterocycles. The number of benzene rings is 1. The van der Waals surface area contributed by atoms with Crippen LogP contribution in [0, 0.1) is 17.8 Å². The standard InChI is InChI=1S/C25H23NO6/c1-12-10-19(28)22-18(23(12)29)11-17-15(6-7-16-21(17)25(31)26-24(16)30)20(22)13-2-4-14(5-3-13)32-9-8-27/h2-6,10,16-17,20-21,27H,7-9,11H2,1H3,(H,26,30,31). The highest BCUT2D eigenvalue weighted by Gasteiger charge is 2.53. The number of Topliss-reactive ketones (excluding diaryl/α,β-unsaturated/α-hetero) is 1. The maximum atomic E-state index is 13.1. The summed E-state index contributed by atoms with van der Waals surface area (Å²) in [6.07, 6.45) is 4.09.